The highest BCUT2D eigenvalue weighted by Gasteiger charge is 2.21. The quantitative estimate of drug-likeness (QED) is 0.409. The number of sulfonamides is 1. The van der Waals surface area contributed by atoms with Crippen molar-refractivity contribution in [2.24, 2.45) is 0 Å². The van der Waals surface area contributed by atoms with E-state index in [0.717, 1.165) is 44.7 Å². The van der Waals surface area contributed by atoms with Gasteiger partial charge in [-0.05, 0) is 47.5 Å². The summed E-state index contributed by atoms with van der Waals surface area (Å²) in [5, 5.41) is 3.68. The first-order chi connectivity index (χ1) is 17.7. The van der Waals surface area contributed by atoms with E-state index in [4.69, 9.17) is 27.9 Å². The fourth-order valence-electron chi connectivity index (χ4n) is 4.07. The minimum absolute atomic E-state index is 0.0234. The molecule has 37 heavy (non-hydrogen) atoms. The molecule has 10 heteroatoms. The molecule has 0 saturated carbocycles. The molecular formula is C27H29Cl2N3O4S. The second kappa shape index (κ2) is 12.3. The molecule has 0 bridgehead atoms. The second-order valence-corrected chi connectivity index (χ2v) is 11.6. The number of rotatable bonds is 9. The summed E-state index contributed by atoms with van der Waals surface area (Å²) in [6.45, 7) is 4.66. The first-order valence-electron chi connectivity index (χ1n) is 11.9. The largest absolute Gasteiger partial charge is 0.379 e. The number of halogens is 2. The van der Waals surface area contributed by atoms with Crippen molar-refractivity contribution in [1.82, 2.24) is 10.2 Å². The third-order valence-electron chi connectivity index (χ3n) is 6.17. The van der Waals surface area contributed by atoms with E-state index in [1.165, 1.54) is 9.87 Å². The lowest BCUT2D eigenvalue weighted by Gasteiger charge is -2.26. The van der Waals surface area contributed by atoms with Crippen LogP contribution >= 0.6 is 23.2 Å². The predicted octanol–water partition coefficient (Wildman–Crippen LogP) is 4.72. The van der Waals surface area contributed by atoms with Crippen molar-refractivity contribution in [3.8, 4) is 0 Å². The fraction of sp³-hybridized carbons (Fsp3) is 0.296. The zero-order valence-electron chi connectivity index (χ0n) is 20.5. The number of carbonyl (C=O) groups excluding carboxylic acids is 1. The van der Waals surface area contributed by atoms with E-state index >= 15 is 0 Å². The number of hydrogen-bond acceptors (Lipinski definition) is 5. The van der Waals surface area contributed by atoms with E-state index in [-0.39, 0.29) is 12.5 Å². The maximum Gasteiger partial charge on any atom is 0.251 e. The third kappa shape index (κ3) is 7.46. The summed E-state index contributed by atoms with van der Waals surface area (Å²) >= 11 is 12.5. The summed E-state index contributed by atoms with van der Waals surface area (Å²) in [4.78, 5) is 15.1. The summed E-state index contributed by atoms with van der Waals surface area (Å²) in [5.41, 5.74) is 3.56. The van der Waals surface area contributed by atoms with Crippen LogP contribution in [0.15, 0.2) is 66.7 Å². The first-order valence-corrected chi connectivity index (χ1v) is 14.5. The van der Waals surface area contributed by atoms with Crippen LogP contribution in [0.4, 0.5) is 5.69 Å². The maximum atomic E-state index is 12.7. The van der Waals surface area contributed by atoms with Gasteiger partial charge >= 0.3 is 0 Å². The van der Waals surface area contributed by atoms with Gasteiger partial charge in [-0.15, -0.1) is 0 Å². The van der Waals surface area contributed by atoms with Crippen LogP contribution in [0.2, 0.25) is 10.0 Å². The zero-order chi connectivity index (χ0) is 26.4. The minimum atomic E-state index is -3.64. The molecule has 0 spiro atoms. The van der Waals surface area contributed by atoms with Crippen molar-refractivity contribution < 1.29 is 17.9 Å². The number of anilines is 1. The Labute approximate surface area is 228 Å². The molecular weight excluding hydrogens is 533 g/mol. The number of ether oxygens (including phenoxy) is 1. The van der Waals surface area contributed by atoms with Crippen LogP contribution in [0.1, 0.15) is 27.0 Å². The van der Waals surface area contributed by atoms with Crippen LogP contribution < -0.4 is 9.62 Å². The summed E-state index contributed by atoms with van der Waals surface area (Å²) in [5.74, 6) is -0.246. The van der Waals surface area contributed by atoms with Crippen LogP contribution in [-0.2, 0) is 34.4 Å². The molecule has 1 N–H and O–H groups in total. The summed E-state index contributed by atoms with van der Waals surface area (Å²) in [6.07, 6.45) is 1.12. The Morgan fingerprint density at radius 1 is 0.946 bits per heavy atom. The van der Waals surface area contributed by atoms with Crippen LogP contribution in [0, 0.1) is 0 Å². The van der Waals surface area contributed by atoms with Crippen LogP contribution in [-0.4, -0.2) is 51.8 Å². The number of nitrogens with zero attached hydrogens (tertiary/aromatic N) is 2. The zero-order valence-corrected chi connectivity index (χ0v) is 22.8. The number of nitrogens with one attached hydrogen (secondary N) is 1. The molecule has 0 radical (unpaired) electrons. The number of amides is 1. The van der Waals surface area contributed by atoms with Gasteiger partial charge in [0.05, 0.1) is 31.7 Å². The molecule has 0 aromatic heterocycles. The van der Waals surface area contributed by atoms with Gasteiger partial charge < -0.3 is 10.1 Å². The lowest BCUT2D eigenvalue weighted by molar-refractivity contribution is 0.0342. The van der Waals surface area contributed by atoms with Gasteiger partial charge in [-0.2, -0.15) is 0 Å². The maximum absolute atomic E-state index is 12.7. The topological polar surface area (TPSA) is 79.0 Å². The highest BCUT2D eigenvalue weighted by atomic mass is 35.5. The van der Waals surface area contributed by atoms with Gasteiger partial charge in [0.15, 0.2) is 0 Å². The van der Waals surface area contributed by atoms with E-state index in [2.05, 4.69) is 22.3 Å². The van der Waals surface area contributed by atoms with Crippen molar-refractivity contribution in [3.05, 3.63) is 99.0 Å². The van der Waals surface area contributed by atoms with Gasteiger partial charge in [0.1, 0.15) is 0 Å². The highest BCUT2D eigenvalue weighted by Crippen LogP contribution is 2.29. The molecule has 1 aliphatic rings. The fourth-order valence-corrected chi connectivity index (χ4v) is 5.46. The normalized spacial score (nSPS) is 14.4. The van der Waals surface area contributed by atoms with Crippen LogP contribution in [0.25, 0.3) is 0 Å². The van der Waals surface area contributed by atoms with Crippen molar-refractivity contribution in [2.45, 2.75) is 19.6 Å². The van der Waals surface area contributed by atoms with E-state index in [9.17, 15) is 13.2 Å². The molecule has 3 aromatic rings. The SMILES string of the molecule is CS(=O)(=O)N(Cc1c(Cl)cccc1Cl)c1ccc(C(=O)NCc2ccc(CN3CCOCC3)cc2)cc1. The Balaban J connectivity index is 1.37. The summed E-state index contributed by atoms with van der Waals surface area (Å²) in [7, 11) is -3.64. The van der Waals surface area contributed by atoms with Gasteiger partial charge in [-0.25, -0.2) is 8.42 Å². The molecule has 1 amide bonds. The van der Waals surface area contributed by atoms with Crippen LogP contribution in [0.3, 0.4) is 0 Å². The highest BCUT2D eigenvalue weighted by molar-refractivity contribution is 7.92. The predicted molar refractivity (Wildman–Crippen MR) is 148 cm³/mol. The van der Waals surface area contributed by atoms with Crippen molar-refractivity contribution in [3.63, 3.8) is 0 Å². The van der Waals surface area contributed by atoms with E-state index < -0.39 is 10.0 Å². The van der Waals surface area contributed by atoms with Gasteiger partial charge in [-0.1, -0.05) is 53.5 Å². The van der Waals surface area contributed by atoms with Crippen molar-refractivity contribution in [1.29, 1.82) is 0 Å². The smallest absolute Gasteiger partial charge is 0.251 e. The molecule has 1 saturated heterocycles. The second-order valence-electron chi connectivity index (χ2n) is 8.90. The molecule has 0 atom stereocenters. The van der Waals surface area contributed by atoms with Gasteiger partial charge in [-0.3, -0.25) is 14.0 Å². The van der Waals surface area contributed by atoms with E-state index in [0.29, 0.717) is 33.4 Å². The van der Waals surface area contributed by atoms with E-state index in [1.807, 2.05) is 12.1 Å². The van der Waals surface area contributed by atoms with Gasteiger partial charge in [0, 0.05) is 47.4 Å². The lowest BCUT2D eigenvalue weighted by atomic mass is 10.1. The number of benzene rings is 3. The Morgan fingerprint density at radius 2 is 1.54 bits per heavy atom. The molecule has 196 valence electrons. The van der Waals surface area contributed by atoms with Crippen molar-refractivity contribution >= 4 is 44.8 Å². The van der Waals surface area contributed by atoms with Crippen molar-refractivity contribution in [2.75, 3.05) is 36.9 Å². The number of carbonyl (C=O) groups is 1. The lowest BCUT2D eigenvalue weighted by Crippen LogP contribution is -2.35. The van der Waals surface area contributed by atoms with Crippen LogP contribution in [0.5, 0.6) is 0 Å². The van der Waals surface area contributed by atoms with Gasteiger partial charge in [0.25, 0.3) is 5.91 Å². The molecule has 0 unspecified atom stereocenters. The molecule has 1 aliphatic heterocycles. The Kier molecular flexibility index (Phi) is 9.10. The number of hydrogen-bond donors (Lipinski definition) is 1. The monoisotopic (exact) mass is 561 g/mol. The Morgan fingerprint density at radius 3 is 2.14 bits per heavy atom. The first kappa shape index (κ1) is 27.4. The summed E-state index contributed by atoms with van der Waals surface area (Å²) < 4.78 is 31.7. The third-order valence-corrected chi connectivity index (χ3v) is 8.02. The average Bonchev–Trinajstić information content (AvgIpc) is 2.88. The minimum Gasteiger partial charge on any atom is -0.379 e. The Bertz CT molecular complexity index is 1310. The molecule has 0 aliphatic carbocycles. The summed E-state index contributed by atoms with van der Waals surface area (Å²) in [6, 6.07) is 19.6. The van der Waals surface area contributed by atoms with Gasteiger partial charge in [0.2, 0.25) is 10.0 Å². The molecule has 1 fully saturated rings. The standard InChI is InChI=1S/C27H29Cl2N3O4S/c1-37(34,35)32(19-24-25(28)3-2-4-26(24)29)23-11-9-22(10-12-23)27(33)30-17-20-5-7-21(8-6-20)18-31-13-15-36-16-14-31/h2-12H,13-19H2,1H3,(H,30,33). The molecule has 7 nitrogen and oxygen atoms in total. The molecule has 4 rings (SSSR count). The van der Waals surface area contributed by atoms with E-state index in [1.54, 1.807) is 42.5 Å². The average molecular weight is 563 g/mol. The number of morpholine rings is 1. The Hall–Kier alpha value is -2.62. The molecule has 1 heterocycles. The molecule has 3 aromatic carbocycles.